The number of fused-ring (bicyclic) bond motifs is 1. The van der Waals surface area contributed by atoms with E-state index in [1.54, 1.807) is 24.5 Å². The van der Waals surface area contributed by atoms with Crippen molar-refractivity contribution in [2.45, 2.75) is 18.8 Å². The summed E-state index contributed by atoms with van der Waals surface area (Å²) in [4.78, 5) is 15.2. The van der Waals surface area contributed by atoms with E-state index in [1.807, 2.05) is 12.1 Å². The summed E-state index contributed by atoms with van der Waals surface area (Å²) in [6.07, 6.45) is 3.08. The summed E-state index contributed by atoms with van der Waals surface area (Å²) < 4.78 is 18.7. The topological polar surface area (TPSA) is 45.5 Å². The van der Waals surface area contributed by atoms with Crippen molar-refractivity contribution in [3.63, 3.8) is 0 Å². The van der Waals surface area contributed by atoms with Gasteiger partial charge < -0.3 is 14.6 Å². The maximum atomic E-state index is 13.3. The van der Waals surface area contributed by atoms with E-state index in [1.165, 1.54) is 23.4 Å². The Kier molecular flexibility index (Phi) is 5.42. The van der Waals surface area contributed by atoms with Crippen molar-refractivity contribution in [3.05, 3.63) is 89.6 Å². The Morgan fingerprint density at radius 1 is 1.11 bits per heavy atom. The number of para-hydroxylation sites is 1. The molecule has 1 atom stereocenters. The Hall–Kier alpha value is -3.08. The van der Waals surface area contributed by atoms with Crippen LogP contribution in [0.5, 0.6) is 0 Å². The molecule has 1 aromatic heterocycles. The van der Waals surface area contributed by atoms with E-state index in [4.69, 9.17) is 4.42 Å². The molecule has 0 radical (unpaired) electrons. The second kappa shape index (κ2) is 8.30. The van der Waals surface area contributed by atoms with Crippen molar-refractivity contribution >= 4 is 11.6 Å². The Labute approximate surface area is 164 Å². The van der Waals surface area contributed by atoms with Crippen LogP contribution in [0.1, 0.15) is 22.8 Å². The monoisotopic (exact) mass is 378 g/mol. The standard InChI is InChI=1S/C23H23FN2O2/c24-19-9-7-17(8-10-19)21(16-20-5-3-15-28-20)23(27)25-12-14-26-13-11-18-4-1-2-6-22(18)26/h1-10,15,21H,11-14,16H2,(H,25,27). The van der Waals surface area contributed by atoms with Crippen LogP contribution < -0.4 is 10.2 Å². The minimum atomic E-state index is -0.419. The molecule has 5 heteroatoms. The first kappa shape index (κ1) is 18.3. The zero-order chi connectivity index (χ0) is 19.3. The van der Waals surface area contributed by atoms with Crippen LogP contribution >= 0.6 is 0 Å². The van der Waals surface area contributed by atoms with Gasteiger partial charge in [-0.1, -0.05) is 30.3 Å². The predicted molar refractivity (Wildman–Crippen MR) is 107 cm³/mol. The SMILES string of the molecule is O=C(NCCN1CCc2ccccc21)C(Cc1ccco1)c1ccc(F)cc1. The van der Waals surface area contributed by atoms with Crippen molar-refractivity contribution in [1.82, 2.24) is 5.32 Å². The highest BCUT2D eigenvalue weighted by molar-refractivity contribution is 5.84. The Morgan fingerprint density at radius 2 is 1.93 bits per heavy atom. The summed E-state index contributed by atoms with van der Waals surface area (Å²) in [6.45, 7) is 2.30. The zero-order valence-electron chi connectivity index (χ0n) is 15.6. The maximum Gasteiger partial charge on any atom is 0.228 e. The number of benzene rings is 2. The molecule has 1 aliphatic rings. The highest BCUT2D eigenvalue weighted by Gasteiger charge is 2.23. The molecule has 4 rings (SSSR count). The van der Waals surface area contributed by atoms with Crippen molar-refractivity contribution in [2.75, 3.05) is 24.5 Å². The molecular weight excluding hydrogens is 355 g/mol. The van der Waals surface area contributed by atoms with Crippen molar-refractivity contribution in [1.29, 1.82) is 0 Å². The van der Waals surface area contributed by atoms with E-state index in [2.05, 4.69) is 28.4 Å². The third kappa shape index (κ3) is 4.09. The van der Waals surface area contributed by atoms with Crippen molar-refractivity contribution in [3.8, 4) is 0 Å². The summed E-state index contributed by atoms with van der Waals surface area (Å²) in [5, 5.41) is 3.05. The number of hydrogen-bond acceptors (Lipinski definition) is 3. The first-order valence-corrected chi connectivity index (χ1v) is 9.59. The van der Waals surface area contributed by atoms with Crippen LogP contribution in [0.4, 0.5) is 10.1 Å². The highest BCUT2D eigenvalue weighted by atomic mass is 19.1. The molecule has 4 nitrogen and oxygen atoms in total. The van der Waals surface area contributed by atoms with E-state index in [0.717, 1.165) is 30.8 Å². The van der Waals surface area contributed by atoms with E-state index >= 15 is 0 Å². The number of furan rings is 1. The maximum absolute atomic E-state index is 13.3. The van der Waals surface area contributed by atoms with Gasteiger partial charge in [0.1, 0.15) is 11.6 Å². The average molecular weight is 378 g/mol. The molecule has 2 aromatic carbocycles. The number of nitrogens with one attached hydrogen (secondary N) is 1. The Balaban J connectivity index is 1.40. The van der Waals surface area contributed by atoms with Gasteiger partial charge in [-0.25, -0.2) is 4.39 Å². The molecule has 1 aliphatic heterocycles. The van der Waals surface area contributed by atoms with Crippen LogP contribution in [0.2, 0.25) is 0 Å². The number of halogens is 1. The summed E-state index contributed by atoms with van der Waals surface area (Å²) in [5.74, 6) is -0.0698. The molecule has 0 saturated heterocycles. The minimum Gasteiger partial charge on any atom is -0.469 e. The quantitative estimate of drug-likeness (QED) is 0.678. The lowest BCUT2D eigenvalue weighted by Gasteiger charge is -2.21. The summed E-state index contributed by atoms with van der Waals surface area (Å²) in [6, 6.07) is 18.2. The Bertz CT molecular complexity index is 922. The molecule has 1 N–H and O–H groups in total. The molecule has 0 bridgehead atoms. The molecule has 0 spiro atoms. The summed E-state index contributed by atoms with van der Waals surface area (Å²) in [5.41, 5.74) is 3.39. The number of anilines is 1. The van der Waals surface area contributed by atoms with Crippen LogP contribution in [-0.4, -0.2) is 25.5 Å². The molecule has 3 aromatic rings. The second-order valence-corrected chi connectivity index (χ2v) is 7.04. The fourth-order valence-corrected chi connectivity index (χ4v) is 3.76. The van der Waals surface area contributed by atoms with Crippen LogP contribution in [-0.2, 0) is 17.6 Å². The number of rotatable bonds is 7. The number of carbonyl (C=O) groups excluding carboxylic acids is 1. The summed E-state index contributed by atoms with van der Waals surface area (Å²) in [7, 11) is 0. The molecule has 0 fully saturated rings. The molecule has 1 amide bonds. The first-order chi connectivity index (χ1) is 13.7. The van der Waals surface area contributed by atoms with Crippen LogP contribution in [0.25, 0.3) is 0 Å². The highest BCUT2D eigenvalue weighted by Crippen LogP contribution is 2.27. The third-order valence-electron chi connectivity index (χ3n) is 5.24. The lowest BCUT2D eigenvalue weighted by atomic mass is 9.93. The van der Waals surface area contributed by atoms with Gasteiger partial charge in [0, 0.05) is 31.7 Å². The smallest absolute Gasteiger partial charge is 0.228 e. The molecule has 0 aliphatic carbocycles. The Morgan fingerprint density at radius 3 is 2.71 bits per heavy atom. The van der Waals surface area contributed by atoms with Gasteiger partial charge in [0.2, 0.25) is 5.91 Å². The molecule has 28 heavy (non-hydrogen) atoms. The predicted octanol–water partition coefficient (Wildman–Crippen LogP) is 3.92. The fourth-order valence-electron chi connectivity index (χ4n) is 3.76. The van der Waals surface area contributed by atoms with Crippen LogP contribution in [0, 0.1) is 5.82 Å². The third-order valence-corrected chi connectivity index (χ3v) is 5.24. The molecule has 2 heterocycles. The van der Waals surface area contributed by atoms with Crippen LogP contribution in [0.15, 0.2) is 71.3 Å². The number of nitrogens with zero attached hydrogens (tertiary/aromatic N) is 1. The van der Waals surface area contributed by atoms with Crippen LogP contribution in [0.3, 0.4) is 0 Å². The molecule has 1 unspecified atom stereocenters. The summed E-state index contributed by atoms with van der Waals surface area (Å²) >= 11 is 0. The van der Waals surface area contributed by atoms with Gasteiger partial charge in [-0.2, -0.15) is 0 Å². The zero-order valence-corrected chi connectivity index (χ0v) is 15.6. The van der Waals surface area contributed by atoms with E-state index in [9.17, 15) is 9.18 Å². The molecule has 0 saturated carbocycles. The first-order valence-electron chi connectivity index (χ1n) is 9.59. The van der Waals surface area contributed by atoms with E-state index in [-0.39, 0.29) is 11.7 Å². The van der Waals surface area contributed by atoms with Gasteiger partial charge in [-0.15, -0.1) is 0 Å². The second-order valence-electron chi connectivity index (χ2n) is 7.04. The minimum absolute atomic E-state index is 0.0736. The lowest BCUT2D eigenvalue weighted by molar-refractivity contribution is -0.122. The number of amides is 1. The van der Waals surface area contributed by atoms with Gasteiger partial charge in [-0.05, 0) is 47.9 Å². The fraction of sp³-hybridized carbons (Fsp3) is 0.261. The van der Waals surface area contributed by atoms with Gasteiger partial charge in [0.15, 0.2) is 0 Å². The van der Waals surface area contributed by atoms with Gasteiger partial charge >= 0.3 is 0 Å². The average Bonchev–Trinajstić information content (AvgIpc) is 3.37. The normalized spacial score (nSPS) is 14.0. The lowest BCUT2D eigenvalue weighted by Crippen LogP contribution is -2.37. The molecule has 144 valence electrons. The van der Waals surface area contributed by atoms with Crippen molar-refractivity contribution in [2.24, 2.45) is 0 Å². The number of carbonyl (C=O) groups is 1. The number of hydrogen-bond donors (Lipinski definition) is 1. The largest absolute Gasteiger partial charge is 0.469 e. The van der Waals surface area contributed by atoms with Gasteiger partial charge in [0.05, 0.1) is 12.2 Å². The van der Waals surface area contributed by atoms with Gasteiger partial charge in [0.25, 0.3) is 0 Å². The van der Waals surface area contributed by atoms with Gasteiger partial charge in [-0.3, -0.25) is 4.79 Å². The molecular formula is C23H23FN2O2. The van der Waals surface area contributed by atoms with E-state index in [0.29, 0.717) is 13.0 Å². The van der Waals surface area contributed by atoms with E-state index < -0.39 is 5.92 Å². The van der Waals surface area contributed by atoms with Crippen molar-refractivity contribution < 1.29 is 13.6 Å².